The molecule has 4 aromatic rings. The van der Waals surface area contributed by atoms with Crippen molar-refractivity contribution >= 4 is 34.1 Å². The summed E-state index contributed by atoms with van der Waals surface area (Å²) < 4.78 is 20.2. The highest BCUT2D eigenvalue weighted by atomic mass is 35.5. The fraction of sp³-hybridized carbons (Fsp3) is 0.0909. The van der Waals surface area contributed by atoms with Crippen LogP contribution in [0, 0.1) is 5.82 Å². The van der Waals surface area contributed by atoms with E-state index in [-0.39, 0.29) is 24.1 Å². The van der Waals surface area contributed by atoms with E-state index in [1.54, 1.807) is 23.0 Å². The van der Waals surface area contributed by atoms with E-state index >= 15 is 0 Å². The largest absolute Gasteiger partial charge is 0.484 e. The van der Waals surface area contributed by atoms with Gasteiger partial charge in [0, 0.05) is 6.20 Å². The number of benzene rings is 3. The third-order valence-electron chi connectivity index (χ3n) is 4.32. The van der Waals surface area contributed by atoms with Gasteiger partial charge in [-0.2, -0.15) is 5.10 Å². The van der Waals surface area contributed by atoms with Gasteiger partial charge in [-0.1, -0.05) is 54.1 Å². The van der Waals surface area contributed by atoms with Crippen molar-refractivity contribution in [2.45, 2.75) is 6.54 Å². The third kappa shape index (κ3) is 4.73. The minimum Gasteiger partial charge on any atom is -0.484 e. The Balaban J connectivity index is 1.36. The fourth-order valence-corrected chi connectivity index (χ4v) is 3.11. The number of nitrogens with one attached hydrogen (secondary N) is 1. The summed E-state index contributed by atoms with van der Waals surface area (Å²) in [6.07, 6.45) is 1.60. The lowest BCUT2D eigenvalue weighted by atomic mass is 10.1. The molecule has 5 nitrogen and oxygen atoms in total. The minimum absolute atomic E-state index is 0.167. The van der Waals surface area contributed by atoms with Crippen molar-refractivity contribution in [3.05, 3.63) is 89.3 Å². The first-order valence-electron chi connectivity index (χ1n) is 8.96. The van der Waals surface area contributed by atoms with E-state index < -0.39 is 0 Å². The second kappa shape index (κ2) is 8.32. The molecular formula is C22H17ClFN3O2. The molecule has 0 aliphatic carbocycles. The van der Waals surface area contributed by atoms with Gasteiger partial charge in [0.05, 0.1) is 6.54 Å². The van der Waals surface area contributed by atoms with Crippen molar-refractivity contribution in [3.8, 4) is 5.75 Å². The van der Waals surface area contributed by atoms with Crippen LogP contribution in [0.3, 0.4) is 0 Å². The molecule has 0 aliphatic rings. The fourth-order valence-electron chi connectivity index (χ4n) is 2.91. The summed E-state index contributed by atoms with van der Waals surface area (Å²) in [5.41, 5.74) is 0.864. The number of hydrogen-bond donors (Lipinski definition) is 1. The Bertz CT molecular complexity index is 1160. The molecule has 29 heavy (non-hydrogen) atoms. The number of halogens is 2. The molecule has 0 radical (unpaired) electrons. The maximum absolute atomic E-state index is 13.0. The molecule has 0 spiro atoms. The molecule has 3 aromatic carbocycles. The molecule has 1 N–H and O–H groups in total. The predicted octanol–water partition coefficient (Wildman–Crippen LogP) is 4.89. The standard InChI is InChI=1S/C22H17ClFN3O2/c23-20-13-27(12-15-5-8-18(24)9-6-15)26-22(20)25-21(28)14-29-19-10-7-16-3-1-2-4-17(16)11-19/h1-11,13H,12,14H2,(H,25,26,28). The number of fused-ring (bicyclic) bond motifs is 1. The Morgan fingerprint density at radius 2 is 1.83 bits per heavy atom. The van der Waals surface area contributed by atoms with Crippen molar-refractivity contribution in [2.24, 2.45) is 0 Å². The van der Waals surface area contributed by atoms with Gasteiger partial charge in [-0.25, -0.2) is 4.39 Å². The monoisotopic (exact) mass is 409 g/mol. The topological polar surface area (TPSA) is 56.1 Å². The molecule has 1 amide bonds. The van der Waals surface area contributed by atoms with Crippen LogP contribution < -0.4 is 10.1 Å². The van der Waals surface area contributed by atoms with Crippen molar-refractivity contribution in [3.63, 3.8) is 0 Å². The number of carbonyl (C=O) groups excluding carboxylic acids is 1. The molecule has 7 heteroatoms. The molecule has 0 atom stereocenters. The SMILES string of the molecule is O=C(COc1ccc2ccccc2c1)Nc1nn(Cc2ccc(F)cc2)cc1Cl. The van der Waals surface area contributed by atoms with Gasteiger partial charge in [0.1, 0.15) is 16.6 Å². The number of rotatable bonds is 6. The van der Waals surface area contributed by atoms with E-state index in [9.17, 15) is 9.18 Å². The van der Waals surface area contributed by atoms with E-state index in [1.807, 2.05) is 42.5 Å². The zero-order valence-corrected chi connectivity index (χ0v) is 16.1. The van der Waals surface area contributed by atoms with Crippen molar-refractivity contribution < 1.29 is 13.9 Å². The van der Waals surface area contributed by atoms with Crippen molar-refractivity contribution in [1.82, 2.24) is 9.78 Å². The molecule has 0 saturated carbocycles. The molecule has 1 aromatic heterocycles. The first-order chi connectivity index (χ1) is 14.1. The Morgan fingerprint density at radius 1 is 1.07 bits per heavy atom. The van der Waals surface area contributed by atoms with E-state index in [1.165, 1.54) is 12.1 Å². The molecule has 4 rings (SSSR count). The number of amides is 1. The van der Waals surface area contributed by atoms with Gasteiger partial charge in [0.25, 0.3) is 5.91 Å². The highest BCUT2D eigenvalue weighted by Gasteiger charge is 2.12. The quantitative estimate of drug-likeness (QED) is 0.493. The van der Waals surface area contributed by atoms with Crippen LogP contribution in [0.25, 0.3) is 10.8 Å². The maximum Gasteiger partial charge on any atom is 0.263 e. The summed E-state index contributed by atoms with van der Waals surface area (Å²) in [5, 5.41) is 9.36. The maximum atomic E-state index is 13.0. The summed E-state index contributed by atoms with van der Waals surface area (Å²) in [6.45, 7) is 0.239. The molecule has 1 heterocycles. The first-order valence-corrected chi connectivity index (χ1v) is 9.33. The number of ether oxygens (including phenoxy) is 1. The number of anilines is 1. The van der Waals surface area contributed by atoms with Crippen molar-refractivity contribution in [1.29, 1.82) is 0 Å². The summed E-state index contributed by atoms with van der Waals surface area (Å²) in [6, 6.07) is 19.6. The highest BCUT2D eigenvalue weighted by Crippen LogP contribution is 2.22. The summed E-state index contributed by atoms with van der Waals surface area (Å²) in [7, 11) is 0. The smallest absolute Gasteiger partial charge is 0.263 e. The highest BCUT2D eigenvalue weighted by molar-refractivity contribution is 6.33. The van der Waals surface area contributed by atoms with E-state index in [0.29, 0.717) is 17.3 Å². The number of carbonyl (C=O) groups is 1. The number of aromatic nitrogens is 2. The van der Waals surface area contributed by atoms with E-state index in [0.717, 1.165) is 16.3 Å². The Kier molecular flexibility index (Phi) is 5.44. The minimum atomic E-state index is -0.368. The summed E-state index contributed by atoms with van der Waals surface area (Å²) in [4.78, 5) is 12.2. The van der Waals surface area contributed by atoms with Crippen LogP contribution >= 0.6 is 11.6 Å². The Hall–Kier alpha value is -3.38. The predicted molar refractivity (Wildman–Crippen MR) is 111 cm³/mol. The first kappa shape index (κ1) is 19.0. The van der Waals surface area contributed by atoms with Gasteiger partial charge >= 0.3 is 0 Å². The van der Waals surface area contributed by atoms with Crippen LogP contribution in [0.2, 0.25) is 5.02 Å². The molecule has 0 fully saturated rings. The van der Waals surface area contributed by atoms with E-state index in [2.05, 4.69) is 10.4 Å². The average molecular weight is 410 g/mol. The molecule has 0 aliphatic heterocycles. The van der Waals surface area contributed by atoms with E-state index in [4.69, 9.17) is 16.3 Å². The molecule has 0 bridgehead atoms. The van der Waals surface area contributed by atoms with Gasteiger partial charge in [0.2, 0.25) is 0 Å². The zero-order valence-electron chi connectivity index (χ0n) is 15.3. The van der Waals surface area contributed by atoms with Crippen LogP contribution in [-0.2, 0) is 11.3 Å². The second-order valence-electron chi connectivity index (χ2n) is 6.50. The van der Waals surface area contributed by atoms with Crippen LogP contribution in [-0.4, -0.2) is 22.3 Å². The average Bonchev–Trinajstić information content (AvgIpc) is 3.06. The van der Waals surface area contributed by atoms with Crippen LogP contribution in [0.4, 0.5) is 10.2 Å². The van der Waals surface area contributed by atoms with Crippen molar-refractivity contribution in [2.75, 3.05) is 11.9 Å². The van der Waals surface area contributed by atoms with Gasteiger partial charge in [0.15, 0.2) is 12.4 Å². The second-order valence-corrected chi connectivity index (χ2v) is 6.90. The molecule has 0 unspecified atom stereocenters. The molecular weight excluding hydrogens is 393 g/mol. The number of hydrogen-bond acceptors (Lipinski definition) is 3. The summed E-state index contributed by atoms with van der Waals surface area (Å²) >= 11 is 6.16. The Labute approximate surface area is 171 Å². The van der Waals surface area contributed by atoms with Gasteiger partial charge < -0.3 is 10.1 Å². The zero-order chi connectivity index (χ0) is 20.2. The lowest BCUT2D eigenvalue weighted by molar-refractivity contribution is -0.118. The van der Waals surface area contributed by atoms with Crippen LogP contribution in [0.15, 0.2) is 72.9 Å². The summed E-state index contributed by atoms with van der Waals surface area (Å²) in [5.74, 6) is 0.186. The number of nitrogens with zero attached hydrogens (tertiary/aromatic N) is 2. The van der Waals surface area contributed by atoms with Crippen LogP contribution in [0.5, 0.6) is 5.75 Å². The molecule has 0 saturated heterocycles. The molecule has 146 valence electrons. The lowest BCUT2D eigenvalue weighted by Crippen LogP contribution is -2.20. The Morgan fingerprint density at radius 3 is 2.62 bits per heavy atom. The van der Waals surface area contributed by atoms with Crippen LogP contribution in [0.1, 0.15) is 5.56 Å². The normalized spacial score (nSPS) is 10.8. The lowest BCUT2D eigenvalue weighted by Gasteiger charge is -2.07. The van der Waals surface area contributed by atoms with Gasteiger partial charge in [-0.3, -0.25) is 9.48 Å². The third-order valence-corrected chi connectivity index (χ3v) is 4.60. The van der Waals surface area contributed by atoms with Gasteiger partial charge in [-0.05, 0) is 40.6 Å². The van der Waals surface area contributed by atoms with Gasteiger partial charge in [-0.15, -0.1) is 0 Å².